The molecule has 7 heteroatoms. The van der Waals surface area contributed by atoms with Crippen LogP contribution in [0, 0.1) is 13.8 Å². The van der Waals surface area contributed by atoms with Crippen LogP contribution in [0.1, 0.15) is 44.2 Å². The largest absolute Gasteiger partial charge is 0.494 e. The molecular formula is C24H28N2O3S2. The highest BCUT2D eigenvalue weighted by molar-refractivity contribution is 7.17. The first kappa shape index (κ1) is 22.0. The Kier molecular flexibility index (Phi) is 7.07. The lowest BCUT2D eigenvalue weighted by Crippen LogP contribution is -2.39. The van der Waals surface area contributed by atoms with Gasteiger partial charge in [0.1, 0.15) is 10.8 Å². The van der Waals surface area contributed by atoms with E-state index in [0.717, 1.165) is 28.7 Å². The topological polar surface area (TPSA) is 50.8 Å². The van der Waals surface area contributed by atoms with Crippen LogP contribution in [0.3, 0.4) is 0 Å². The van der Waals surface area contributed by atoms with E-state index in [4.69, 9.17) is 9.47 Å². The van der Waals surface area contributed by atoms with Crippen molar-refractivity contribution in [1.29, 1.82) is 0 Å². The number of hydrogen-bond donors (Lipinski definition) is 1. The predicted octanol–water partition coefficient (Wildman–Crippen LogP) is 5.50. The molecule has 1 saturated heterocycles. The summed E-state index contributed by atoms with van der Waals surface area (Å²) in [5.41, 5.74) is 3.60. The second kappa shape index (κ2) is 9.96. The zero-order valence-corrected chi connectivity index (χ0v) is 19.8. The van der Waals surface area contributed by atoms with Gasteiger partial charge in [-0.2, -0.15) is 0 Å². The normalized spacial score (nSPS) is 15.6. The molecule has 1 N–H and O–H groups in total. The molecule has 3 heterocycles. The number of carbonyl (C=O) groups excluding carboxylic acids is 1. The SMILES string of the molecule is CCOc1ccc([C@@H](c2c(NC(=O)c3cccs3)sc(C)c2C)N2CCOCC2)cc1. The van der Waals surface area contributed by atoms with Gasteiger partial charge in [-0.15, -0.1) is 22.7 Å². The Bertz CT molecular complexity index is 1010. The van der Waals surface area contributed by atoms with Crippen molar-refractivity contribution in [3.63, 3.8) is 0 Å². The molecular weight excluding hydrogens is 428 g/mol. The molecule has 0 bridgehead atoms. The highest BCUT2D eigenvalue weighted by Gasteiger charge is 2.30. The number of benzene rings is 1. The summed E-state index contributed by atoms with van der Waals surface area (Å²) in [6.07, 6.45) is 0. The standard InChI is InChI=1S/C24H28N2O3S2/c1-4-29-19-9-7-18(8-10-19)22(26-11-13-28-14-12-26)21-16(2)17(3)31-24(21)25-23(27)20-6-5-15-30-20/h5-10,15,22H,4,11-14H2,1-3H3,(H,25,27)/t22-/m0/s1. The third-order valence-corrected chi connectivity index (χ3v) is 7.60. The molecule has 0 aliphatic carbocycles. The fourth-order valence-corrected chi connectivity index (χ4v) is 5.65. The lowest BCUT2D eigenvalue weighted by molar-refractivity contribution is 0.0240. The second-order valence-corrected chi connectivity index (χ2v) is 9.68. The van der Waals surface area contributed by atoms with Crippen LogP contribution < -0.4 is 10.1 Å². The van der Waals surface area contributed by atoms with Gasteiger partial charge in [-0.25, -0.2) is 0 Å². The van der Waals surface area contributed by atoms with Gasteiger partial charge in [-0.05, 0) is 55.5 Å². The molecule has 5 nitrogen and oxygen atoms in total. The van der Waals surface area contributed by atoms with Gasteiger partial charge in [-0.3, -0.25) is 9.69 Å². The number of aryl methyl sites for hydroxylation is 1. The summed E-state index contributed by atoms with van der Waals surface area (Å²) in [5.74, 6) is 0.821. The Hall–Kier alpha value is -2.19. The first-order valence-corrected chi connectivity index (χ1v) is 12.3. The van der Waals surface area contributed by atoms with Gasteiger partial charge in [0.05, 0.1) is 30.7 Å². The molecule has 31 heavy (non-hydrogen) atoms. The van der Waals surface area contributed by atoms with E-state index in [2.05, 4.69) is 36.2 Å². The number of nitrogens with one attached hydrogen (secondary N) is 1. The van der Waals surface area contributed by atoms with E-state index in [1.54, 1.807) is 11.3 Å². The highest BCUT2D eigenvalue weighted by Crippen LogP contribution is 2.43. The molecule has 0 spiro atoms. The predicted molar refractivity (Wildman–Crippen MR) is 128 cm³/mol. The van der Waals surface area contributed by atoms with Gasteiger partial charge in [0.25, 0.3) is 5.91 Å². The summed E-state index contributed by atoms with van der Waals surface area (Å²) < 4.78 is 11.3. The fraction of sp³-hybridized carbons (Fsp3) is 0.375. The van der Waals surface area contributed by atoms with Crippen molar-refractivity contribution in [2.24, 2.45) is 0 Å². The van der Waals surface area contributed by atoms with Crippen molar-refractivity contribution in [1.82, 2.24) is 4.90 Å². The molecule has 1 amide bonds. The van der Waals surface area contributed by atoms with Crippen molar-refractivity contribution < 1.29 is 14.3 Å². The summed E-state index contributed by atoms with van der Waals surface area (Å²) >= 11 is 3.11. The number of hydrogen-bond acceptors (Lipinski definition) is 6. The van der Waals surface area contributed by atoms with Crippen molar-refractivity contribution in [3.8, 4) is 5.75 Å². The number of morpholine rings is 1. The van der Waals surface area contributed by atoms with Crippen molar-refractivity contribution in [3.05, 3.63) is 68.2 Å². The van der Waals surface area contributed by atoms with E-state index >= 15 is 0 Å². The lowest BCUT2D eigenvalue weighted by atomic mass is 9.94. The number of amides is 1. The molecule has 1 fully saturated rings. The highest BCUT2D eigenvalue weighted by atomic mass is 32.1. The Morgan fingerprint density at radius 2 is 1.94 bits per heavy atom. The molecule has 0 radical (unpaired) electrons. The van der Waals surface area contributed by atoms with Crippen LogP contribution in [0.2, 0.25) is 0 Å². The van der Waals surface area contributed by atoms with Crippen LogP contribution in [0.15, 0.2) is 41.8 Å². The summed E-state index contributed by atoms with van der Waals surface area (Å²) in [7, 11) is 0. The van der Waals surface area contributed by atoms with E-state index in [0.29, 0.717) is 19.8 Å². The fourth-order valence-electron chi connectivity index (χ4n) is 3.95. The minimum absolute atomic E-state index is 0.0446. The molecule has 1 aliphatic rings. The van der Waals surface area contributed by atoms with Crippen LogP contribution in [0.4, 0.5) is 5.00 Å². The van der Waals surface area contributed by atoms with Gasteiger partial charge in [-0.1, -0.05) is 18.2 Å². The summed E-state index contributed by atoms with van der Waals surface area (Å²) in [6.45, 7) is 10.1. The summed E-state index contributed by atoms with van der Waals surface area (Å²) in [6, 6.07) is 12.2. The smallest absolute Gasteiger partial charge is 0.266 e. The van der Waals surface area contributed by atoms with Gasteiger partial charge in [0.2, 0.25) is 0 Å². The van der Waals surface area contributed by atoms with Crippen LogP contribution >= 0.6 is 22.7 Å². The summed E-state index contributed by atoms with van der Waals surface area (Å²) in [4.78, 5) is 17.3. The van der Waals surface area contributed by atoms with Gasteiger partial charge >= 0.3 is 0 Å². The molecule has 2 aromatic heterocycles. The maximum atomic E-state index is 12.9. The third-order valence-electron chi connectivity index (χ3n) is 5.60. The van der Waals surface area contributed by atoms with E-state index < -0.39 is 0 Å². The second-order valence-electron chi connectivity index (χ2n) is 7.51. The Morgan fingerprint density at radius 3 is 2.58 bits per heavy atom. The molecule has 1 atom stereocenters. The van der Waals surface area contributed by atoms with Crippen LogP contribution in [0.25, 0.3) is 0 Å². The Morgan fingerprint density at radius 1 is 1.19 bits per heavy atom. The first-order valence-electron chi connectivity index (χ1n) is 10.6. The number of rotatable bonds is 7. The molecule has 1 aliphatic heterocycles. The first-order chi connectivity index (χ1) is 15.1. The van der Waals surface area contributed by atoms with Gasteiger partial charge in [0.15, 0.2) is 0 Å². The number of carbonyl (C=O) groups is 1. The number of nitrogens with zero attached hydrogens (tertiary/aromatic N) is 1. The molecule has 3 aromatic rings. The Labute approximate surface area is 191 Å². The number of thiophene rings is 2. The molecule has 1 aromatic carbocycles. The number of anilines is 1. The summed E-state index contributed by atoms with van der Waals surface area (Å²) in [5, 5.41) is 6.06. The van der Waals surface area contributed by atoms with E-state index in [1.165, 1.54) is 32.9 Å². The maximum absolute atomic E-state index is 12.9. The van der Waals surface area contributed by atoms with Crippen LogP contribution in [0.5, 0.6) is 5.75 Å². The molecule has 0 saturated carbocycles. The lowest BCUT2D eigenvalue weighted by Gasteiger charge is -2.35. The Balaban J connectivity index is 1.74. The van der Waals surface area contributed by atoms with Crippen LogP contribution in [-0.2, 0) is 4.74 Å². The number of ether oxygens (including phenoxy) is 2. The van der Waals surface area contributed by atoms with Crippen LogP contribution in [-0.4, -0.2) is 43.7 Å². The zero-order valence-electron chi connectivity index (χ0n) is 18.1. The minimum Gasteiger partial charge on any atom is -0.494 e. The monoisotopic (exact) mass is 456 g/mol. The van der Waals surface area contributed by atoms with E-state index in [9.17, 15) is 4.79 Å². The molecule has 4 rings (SSSR count). The van der Waals surface area contributed by atoms with Gasteiger partial charge in [0, 0.05) is 23.5 Å². The minimum atomic E-state index is -0.0510. The molecule has 164 valence electrons. The van der Waals surface area contributed by atoms with Gasteiger partial charge < -0.3 is 14.8 Å². The zero-order chi connectivity index (χ0) is 21.8. The average Bonchev–Trinajstić information content (AvgIpc) is 3.41. The van der Waals surface area contributed by atoms with Crippen molar-refractivity contribution >= 4 is 33.6 Å². The third kappa shape index (κ3) is 4.85. The quantitative estimate of drug-likeness (QED) is 0.510. The van der Waals surface area contributed by atoms with E-state index in [-0.39, 0.29) is 11.9 Å². The van der Waals surface area contributed by atoms with Crippen molar-refractivity contribution in [2.75, 3.05) is 38.2 Å². The molecule has 0 unspecified atom stereocenters. The maximum Gasteiger partial charge on any atom is 0.266 e. The van der Waals surface area contributed by atoms with E-state index in [1.807, 2.05) is 36.6 Å². The average molecular weight is 457 g/mol. The van der Waals surface area contributed by atoms with Crippen molar-refractivity contribution in [2.45, 2.75) is 26.8 Å².